The molecule has 0 unspecified atom stereocenters. The number of hydrogen-bond donors (Lipinski definition) is 4. The van der Waals surface area contributed by atoms with Crippen molar-refractivity contribution in [2.75, 3.05) is 0 Å². The molecule has 5 N–H and O–H groups in total. The summed E-state index contributed by atoms with van der Waals surface area (Å²) in [6.45, 7) is 1.68. The number of phenols is 1. The molecule has 0 saturated heterocycles. The monoisotopic (exact) mass is 236 g/mol. The number of carboxylic acids is 1. The van der Waals surface area contributed by atoms with Crippen LogP contribution in [0.2, 0.25) is 0 Å². The van der Waals surface area contributed by atoms with Gasteiger partial charge >= 0.3 is 5.97 Å². The van der Waals surface area contributed by atoms with E-state index in [1.54, 1.807) is 13.0 Å². The molecule has 1 rings (SSSR count). The Morgan fingerprint density at radius 3 is 2.82 bits per heavy atom. The smallest absolute Gasteiger partial charge is 0.339 e. The van der Waals surface area contributed by atoms with Crippen molar-refractivity contribution in [3.63, 3.8) is 0 Å². The molecule has 7 nitrogen and oxygen atoms in total. The minimum absolute atomic E-state index is 0.176. The van der Waals surface area contributed by atoms with Crippen LogP contribution in [0.1, 0.15) is 22.8 Å². The molecule has 0 bridgehead atoms. The summed E-state index contributed by atoms with van der Waals surface area (Å²) < 4.78 is 0. The zero-order chi connectivity index (χ0) is 12.8. The van der Waals surface area contributed by atoms with Gasteiger partial charge in [0.1, 0.15) is 17.7 Å². The van der Waals surface area contributed by atoms with Gasteiger partial charge in [0.25, 0.3) is 0 Å². The first-order valence-electron chi connectivity index (χ1n) is 4.64. The molecule has 0 fully saturated rings. The average Bonchev–Trinajstić information content (AvgIpc) is 2.29. The highest BCUT2D eigenvalue weighted by atomic mass is 16.4. The first-order chi connectivity index (χ1) is 8.06. The van der Waals surface area contributed by atoms with Gasteiger partial charge in [-0.15, -0.1) is 0 Å². The summed E-state index contributed by atoms with van der Waals surface area (Å²) >= 11 is 0. The second-order valence-electron chi connectivity index (χ2n) is 3.14. The van der Waals surface area contributed by atoms with Crippen molar-refractivity contribution in [2.45, 2.75) is 6.92 Å². The van der Waals surface area contributed by atoms with Crippen LogP contribution in [0, 0.1) is 0 Å². The van der Waals surface area contributed by atoms with Crippen molar-refractivity contribution in [1.82, 2.24) is 5.43 Å². The summed E-state index contributed by atoms with van der Waals surface area (Å²) in [7, 11) is 0. The summed E-state index contributed by atoms with van der Waals surface area (Å²) in [4.78, 5) is 10.8. The molecule has 7 heteroatoms. The third kappa shape index (κ3) is 3.20. The zero-order valence-electron chi connectivity index (χ0n) is 9.08. The van der Waals surface area contributed by atoms with Crippen LogP contribution in [-0.4, -0.2) is 28.2 Å². The van der Waals surface area contributed by atoms with Crippen molar-refractivity contribution in [1.29, 1.82) is 0 Å². The Hall–Kier alpha value is -2.57. The summed E-state index contributed by atoms with van der Waals surface area (Å²) in [6, 6.07) is 4.19. The van der Waals surface area contributed by atoms with Crippen molar-refractivity contribution in [2.24, 2.45) is 16.0 Å². The maximum absolute atomic E-state index is 10.8. The Bertz CT molecular complexity index is 482. The molecule has 0 heterocycles. The summed E-state index contributed by atoms with van der Waals surface area (Å²) in [5, 5.41) is 25.2. The lowest BCUT2D eigenvalue weighted by molar-refractivity contribution is 0.0693. The molecular weight excluding hydrogens is 224 g/mol. The van der Waals surface area contributed by atoms with E-state index in [-0.39, 0.29) is 11.3 Å². The van der Waals surface area contributed by atoms with Gasteiger partial charge in [-0.3, -0.25) is 5.43 Å². The number of hydrazone groups is 2. The zero-order valence-corrected chi connectivity index (χ0v) is 9.08. The molecule has 0 aliphatic heterocycles. The van der Waals surface area contributed by atoms with Gasteiger partial charge in [0, 0.05) is 0 Å². The van der Waals surface area contributed by atoms with Crippen molar-refractivity contribution in [3.8, 4) is 5.75 Å². The molecule has 0 aromatic heterocycles. The second kappa shape index (κ2) is 5.50. The highest BCUT2D eigenvalue weighted by Crippen LogP contribution is 2.18. The summed E-state index contributed by atoms with van der Waals surface area (Å²) in [5.41, 5.74) is 3.38. The van der Waals surface area contributed by atoms with Gasteiger partial charge in [0.15, 0.2) is 0 Å². The lowest BCUT2D eigenvalue weighted by Crippen LogP contribution is -2.09. The van der Waals surface area contributed by atoms with E-state index in [1.165, 1.54) is 18.5 Å². The third-order valence-corrected chi connectivity index (χ3v) is 2.01. The van der Waals surface area contributed by atoms with Gasteiger partial charge in [-0.05, 0) is 30.7 Å². The van der Waals surface area contributed by atoms with Crippen LogP contribution in [0.25, 0.3) is 0 Å². The first kappa shape index (κ1) is 12.5. The van der Waals surface area contributed by atoms with Crippen molar-refractivity contribution < 1.29 is 15.0 Å². The molecule has 1 aromatic carbocycles. The predicted molar refractivity (Wildman–Crippen MR) is 63.1 cm³/mol. The molecule has 0 aliphatic rings. The van der Waals surface area contributed by atoms with Gasteiger partial charge in [-0.25, -0.2) is 4.79 Å². The van der Waals surface area contributed by atoms with E-state index in [2.05, 4.69) is 15.6 Å². The maximum atomic E-state index is 10.8. The molecular formula is C10H12N4O3. The molecule has 0 radical (unpaired) electrons. The number of rotatable bonds is 4. The Balaban J connectivity index is 3.03. The van der Waals surface area contributed by atoms with E-state index in [4.69, 9.17) is 10.9 Å². The lowest BCUT2D eigenvalue weighted by atomic mass is 10.1. The van der Waals surface area contributed by atoms with Crippen LogP contribution < -0.4 is 11.3 Å². The van der Waals surface area contributed by atoms with Crippen LogP contribution >= 0.6 is 0 Å². The second-order valence-corrected chi connectivity index (χ2v) is 3.14. The minimum Gasteiger partial charge on any atom is -0.507 e. The molecule has 17 heavy (non-hydrogen) atoms. The molecule has 0 spiro atoms. The van der Waals surface area contributed by atoms with Crippen LogP contribution in [0.3, 0.4) is 0 Å². The van der Waals surface area contributed by atoms with Gasteiger partial charge in [0.05, 0.1) is 5.71 Å². The number of carbonyl (C=O) groups is 1. The quantitative estimate of drug-likeness (QED) is 0.259. The van der Waals surface area contributed by atoms with Crippen LogP contribution in [-0.2, 0) is 0 Å². The molecule has 0 atom stereocenters. The Morgan fingerprint density at radius 1 is 1.53 bits per heavy atom. The fourth-order valence-electron chi connectivity index (χ4n) is 1.16. The highest BCUT2D eigenvalue weighted by molar-refractivity contribution is 6.01. The van der Waals surface area contributed by atoms with E-state index in [9.17, 15) is 9.90 Å². The van der Waals surface area contributed by atoms with E-state index in [0.717, 1.165) is 0 Å². The Labute approximate surface area is 97.3 Å². The van der Waals surface area contributed by atoms with E-state index in [1.807, 2.05) is 0 Å². The van der Waals surface area contributed by atoms with Gasteiger partial charge in [-0.2, -0.15) is 10.2 Å². The minimum atomic E-state index is -1.20. The fraction of sp³-hybridized carbons (Fsp3) is 0.100. The SMILES string of the molecule is CC(=NNC=NN)c1ccc(O)c(C(=O)O)c1. The summed E-state index contributed by atoms with van der Waals surface area (Å²) in [5.74, 6) is 3.38. The largest absolute Gasteiger partial charge is 0.507 e. The molecule has 90 valence electrons. The predicted octanol–water partition coefficient (Wildman–Crippen LogP) is 0.306. The van der Waals surface area contributed by atoms with E-state index >= 15 is 0 Å². The molecule has 0 saturated carbocycles. The van der Waals surface area contributed by atoms with Crippen LogP contribution in [0.4, 0.5) is 0 Å². The number of nitrogens with two attached hydrogens (primary N) is 1. The van der Waals surface area contributed by atoms with E-state index < -0.39 is 5.97 Å². The normalized spacial score (nSPS) is 11.7. The highest BCUT2D eigenvalue weighted by Gasteiger charge is 2.11. The number of benzene rings is 1. The van der Waals surface area contributed by atoms with Gasteiger partial charge in [-0.1, -0.05) is 0 Å². The maximum Gasteiger partial charge on any atom is 0.339 e. The third-order valence-electron chi connectivity index (χ3n) is 2.01. The molecule has 1 aromatic rings. The Kier molecular flexibility index (Phi) is 4.04. The first-order valence-corrected chi connectivity index (χ1v) is 4.64. The number of aromatic hydroxyl groups is 1. The lowest BCUT2D eigenvalue weighted by Gasteiger charge is -2.04. The Morgan fingerprint density at radius 2 is 2.24 bits per heavy atom. The van der Waals surface area contributed by atoms with Gasteiger partial charge < -0.3 is 16.1 Å². The standard InChI is InChI=1S/C10H12N4O3/c1-6(14-13-5-12-11)7-2-3-9(15)8(4-7)10(16)17/h2-5,15H,11H2,1H3,(H,12,13)(H,16,17). The topological polar surface area (TPSA) is 120 Å². The van der Waals surface area contributed by atoms with Crippen LogP contribution in [0.15, 0.2) is 28.4 Å². The van der Waals surface area contributed by atoms with E-state index in [0.29, 0.717) is 11.3 Å². The van der Waals surface area contributed by atoms with Crippen LogP contribution in [0.5, 0.6) is 5.75 Å². The molecule has 0 amide bonds. The number of nitrogens with one attached hydrogen (secondary N) is 1. The van der Waals surface area contributed by atoms with Gasteiger partial charge in [0.2, 0.25) is 0 Å². The number of carboxylic acid groups (broad SMARTS) is 1. The number of nitrogens with zero attached hydrogens (tertiary/aromatic N) is 2. The number of aromatic carboxylic acids is 1. The number of hydrogen-bond acceptors (Lipinski definition) is 5. The average molecular weight is 236 g/mol. The van der Waals surface area contributed by atoms with Crippen molar-refractivity contribution >= 4 is 18.0 Å². The molecule has 0 aliphatic carbocycles. The van der Waals surface area contributed by atoms with Crippen molar-refractivity contribution in [3.05, 3.63) is 29.3 Å². The summed E-state index contributed by atoms with van der Waals surface area (Å²) in [6.07, 6.45) is 1.18. The fourth-order valence-corrected chi connectivity index (χ4v) is 1.16.